The van der Waals surface area contributed by atoms with E-state index in [1.807, 2.05) is 12.1 Å². The summed E-state index contributed by atoms with van der Waals surface area (Å²) < 4.78 is 16.9. The van der Waals surface area contributed by atoms with Crippen molar-refractivity contribution in [2.45, 2.75) is 38.8 Å². The van der Waals surface area contributed by atoms with E-state index in [9.17, 15) is 4.79 Å². The summed E-state index contributed by atoms with van der Waals surface area (Å²) in [6.45, 7) is 5.22. The number of fused-ring (bicyclic) bond motifs is 2. The third-order valence-electron chi connectivity index (χ3n) is 6.17. The Morgan fingerprint density at radius 1 is 1.03 bits per heavy atom. The second kappa shape index (κ2) is 7.56. The van der Waals surface area contributed by atoms with Crippen LogP contribution in [0, 0.1) is 0 Å². The number of aryl methyl sites for hydroxylation is 1. The van der Waals surface area contributed by atoms with Gasteiger partial charge in [0.25, 0.3) is 0 Å². The normalized spacial score (nSPS) is 20.9. The zero-order valence-electron chi connectivity index (χ0n) is 16.7. The van der Waals surface area contributed by atoms with Crippen LogP contribution in [0.2, 0.25) is 0 Å². The number of likely N-dealkylation sites (tertiary alicyclic amines) is 1. The van der Waals surface area contributed by atoms with E-state index in [1.54, 1.807) is 6.07 Å². The highest BCUT2D eigenvalue weighted by atomic mass is 16.6. The van der Waals surface area contributed by atoms with Gasteiger partial charge in [0.2, 0.25) is 0 Å². The standard InChI is InChI=1S/C24H25NO4/c1-2-16-5-7-19-18(14-24(26)29-22(19)12-16)15-25-9-3-4-20(25)17-6-8-21-23(13-17)28-11-10-27-21/h5-8,12-14,20H,2-4,9-11,15H2,1H3/p+1/t20-/m1/s1. The SMILES string of the molecule is CCc1ccc2c(C[NH+]3CCC[C@@H]3c3ccc4c(c3)OCCO4)cc(=O)oc2c1. The smallest absolute Gasteiger partial charge is 0.336 e. The molecule has 5 rings (SSSR count). The van der Waals surface area contributed by atoms with Gasteiger partial charge in [-0.1, -0.05) is 19.1 Å². The molecule has 1 unspecified atom stereocenters. The molecule has 0 saturated carbocycles. The minimum absolute atomic E-state index is 0.268. The van der Waals surface area contributed by atoms with E-state index in [0.29, 0.717) is 24.8 Å². The minimum Gasteiger partial charge on any atom is -0.486 e. The molecule has 5 heteroatoms. The molecule has 1 saturated heterocycles. The first-order valence-electron chi connectivity index (χ1n) is 10.5. The second-order valence-electron chi connectivity index (χ2n) is 7.96. The van der Waals surface area contributed by atoms with E-state index in [0.717, 1.165) is 48.4 Å². The Labute approximate surface area is 169 Å². The summed E-state index contributed by atoms with van der Waals surface area (Å²) in [4.78, 5) is 13.7. The maximum absolute atomic E-state index is 12.2. The van der Waals surface area contributed by atoms with Crippen LogP contribution in [0.1, 0.15) is 42.5 Å². The molecule has 2 aliphatic rings. The molecule has 1 N–H and O–H groups in total. The summed E-state index contributed by atoms with van der Waals surface area (Å²) in [6, 6.07) is 14.6. The molecular weight excluding hydrogens is 366 g/mol. The van der Waals surface area contributed by atoms with Gasteiger partial charge in [0.15, 0.2) is 11.5 Å². The molecule has 0 bridgehead atoms. The molecular formula is C24H26NO4+. The van der Waals surface area contributed by atoms with Gasteiger partial charge in [0, 0.05) is 35.4 Å². The van der Waals surface area contributed by atoms with E-state index in [-0.39, 0.29) is 5.63 Å². The van der Waals surface area contributed by atoms with Gasteiger partial charge in [0.05, 0.1) is 6.54 Å². The lowest BCUT2D eigenvalue weighted by Gasteiger charge is -2.24. The van der Waals surface area contributed by atoms with Crippen LogP contribution in [-0.4, -0.2) is 19.8 Å². The quantitative estimate of drug-likeness (QED) is 0.694. The van der Waals surface area contributed by atoms with Crippen LogP contribution in [0.4, 0.5) is 0 Å². The van der Waals surface area contributed by atoms with Crippen molar-refractivity contribution in [2.75, 3.05) is 19.8 Å². The first-order valence-corrected chi connectivity index (χ1v) is 10.5. The van der Waals surface area contributed by atoms with Crippen LogP contribution in [0.5, 0.6) is 11.5 Å². The van der Waals surface area contributed by atoms with Gasteiger partial charge >= 0.3 is 5.63 Å². The van der Waals surface area contributed by atoms with E-state index in [4.69, 9.17) is 13.9 Å². The van der Waals surface area contributed by atoms with Crippen molar-refractivity contribution >= 4 is 11.0 Å². The Bertz CT molecular complexity index is 1100. The van der Waals surface area contributed by atoms with Crippen LogP contribution in [0.3, 0.4) is 0 Å². The molecule has 2 aliphatic heterocycles. The van der Waals surface area contributed by atoms with Gasteiger partial charge in [-0.25, -0.2) is 4.79 Å². The molecule has 0 amide bonds. The van der Waals surface area contributed by atoms with Crippen LogP contribution in [0.25, 0.3) is 11.0 Å². The minimum atomic E-state index is -0.268. The first-order chi connectivity index (χ1) is 14.2. The van der Waals surface area contributed by atoms with Crippen molar-refractivity contribution in [1.29, 1.82) is 0 Å². The maximum Gasteiger partial charge on any atom is 0.336 e. The highest BCUT2D eigenvalue weighted by molar-refractivity contribution is 5.80. The molecule has 1 aromatic heterocycles. The van der Waals surface area contributed by atoms with Crippen LogP contribution >= 0.6 is 0 Å². The molecule has 0 spiro atoms. The van der Waals surface area contributed by atoms with Gasteiger partial charge in [-0.2, -0.15) is 0 Å². The van der Waals surface area contributed by atoms with E-state index in [1.165, 1.54) is 22.4 Å². The lowest BCUT2D eigenvalue weighted by molar-refractivity contribution is -0.931. The largest absolute Gasteiger partial charge is 0.486 e. The van der Waals surface area contributed by atoms with E-state index >= 15 is 0 Å². The van der Waals surface area contributed by atoms with Gasteiger partial charge in [-0.05, 0) is 36.2 Å². The van der Waals surface area contributed by atoms with Crippen molar-refractivity contribution in [3.8, 4) is 11.5 Å². The van der Waals surface area contributed by atoms with E-state index < -0.39 is 0 Å². The molecule has 0 aliphatic carbocycles. The third-order valence-corrected chi connectivity index (χ3v) is 6.17. The Balaban J connectivity index is 1.46. The first kappa shape index (κ1) is 18.3. The number of benzene rings is 2. The summed E-state index contributed by atoms with van der Waals surface area (Å²) >= 11 is 0. The molecule has 2 atom stereocenters. The number of quaternary nitrogens is 1. The Hall–Kier alpha value is -2.79. The summed E-state index contributed by atoms with van der Waals surface area (Å²) in [6.07, 6.45) is 3.23. The fraction of sp³-hybridized carbons (Fsp3) is 0.375. The summed E-state index contributed by atoms with van der Waals surface area (Å²) in [5.74, 6) is 1.68. The van der Waals surface area contributed by atoms with Crippen molar-refractivity contribution < 1.29 is 18.8 Å². The topological polar surface area (TPSA) is 53.1 Å². The lowest BCUT2D eigenvalue weighted by atomic mass is 10.0. The van der Waals surface area contributed by atoms with Crippen molar-refractivity contribution in [1.82, 2.24) is 0 Å². The third kappa shape index (κ3) is 3.51. The van der Waals surface area contributed by atoms with Crippen molar-refractivity contribution in [3.63, 3.8) is 0 Å². The molecule has 2 aromatic carbocycles. The molecule has 150 valence electrons. The summed E-state index contributed by atoms with van der Waals surface area (Å²) in [7, 11) is 0. The number of rotatable bonds is 4. The monoisotopic (exact) mass is 392 g/mol. The van der Waals surface area contributed by atoms with E-state index in [2.05, 4.69) is 31.2 Å². The highest BCUT2D eigenvalue weighted by Gasteiger charge is 2.31. The Morgan fingerprint density at radius 2 is 1.90 bits per heavy atom. The highest BCUT2D eigenvalue weighted by Crippen LogP contribution is 2.33. The zero-order valence-corrected chi connectivity index (χ0v) is 16.7. The van der Waals surface area contributed by atoms with Gasteiger partial charge < -0.3 is 18.8 Å². The van der Waals surface area contributed by atoms with Crippen molar-refractivity contribution in [3.05, 3.63) is 69.6 Å². The van der Waals surface area contributed by atoms with Crippen LogP contribution in [-0.2, 0) is 13.0 Å². The number of nitrogens with one attached hydrogen (secondary N) is 1. The molecule has 3 heterocycles. The van der Waals surface area contributed by atoms with Crippen LogP contribution in [0.15, 0.2) is 51.7 Å². The average molecular weight is 392 g/mol. The molecule has 29 heavy (non-hydrogen) atoms. The lowest BCUT2D eigenvalue weighted by Crippen LogP contribution is -3.08. The molecule has 0 radical (unpaired) electrons. The fourth-order valence-electron chi connectivity index (χ4n) is 4.69. The Kier molecular flexibility index (Phi) is 4.76. The van der Waals surface area contributed by atoms with Gasteiger partial charge in [-0.3, -0.25) is 0 Å². The summed E-state index contributed by atoms with van der Waals surface area (Å²) in [5, 5.41) is 1.04. The Morgan fingerprint density at radius 3 is 2.76 bits per heavy atom. The predicted octanol–water partition coefficient (Wildman–Crippen LogP) is 3.05. The number of hydrogen-bond donors (Lipinski definition) is 1. The number of ether oxygens (including phenoxy) is 2. The molecule has 3 aromatic rings. The van der Waals surface area contributed by atoms with Gasteiger partial charge in [-0.15, -0.1) is 0 Å². The predicted molar refractivity (Wildman–Crippen MR) is 111 cm³/mol. The molecule has 1 fully saturated rings. The zero-order chi connectivity index (χ0) is 19.8. The van der Waals surface area contributed by atoms with Crippen molar-refractivity contribution in [2.24, 2.45) is 0 Å². The fourth-order valence-corrected chi connectivity index (χ4v) is 4.69. The average Bonchev–Trinajstić information content (AvgIpc) is 3.21. The van der Waals surface area contributed by atoms with Crippen LogP contribution < -0.4 is 20.0 Å². The van der Waals surface area contributed by atoms with Gasteiger partial charge in [0.1, 0.15) is 31.4 Å². The maximum atomic E-state index is 12.2. The second-order valence-corrected chi connectivity index (χ2v) is 7.96. The summed E-state index contributed by atoms with van der Waals surface area (Å²) in [5.41, 5.74) is 3.96. The molecule has 5 nitrogen and oxygen atoms in total. The number of hydrogen-bond acceptors (Lipinski definition) is 4.